The van der Waals surface area contributed by atoms with E-state index in [1.54, 1.807) is 0 Å². The molecule has 0 fully saturated rings. The molecule has 0 aromatic carbocycles. The highest BCUT2D eigenvalue weighted by Gasteiger charge is 2.87. The topological polar surface area (TPSA) is 27.7 Å². The van der Waals surface area contributed by atoms with Crippen LogP contribution in [0.3, 0.4) is 0 Å². The van der Waals surface area contributed by atoms with Gasteiger partial charge in [-0.05, 0) is 20.8 Å². The molecule has 1 atom stereocenters. The van der Waals surface area contributed by atoms with Crippen molar-refractivity contribution in [3.63, 3.8) is 0 Å². The Kier molecular flexibility index (Phi) is 9.50. The molecule has 0 amide bonds. The predicted molar refractivity (Wildman–Crippen MR) is 80.7 cm³/mol. The highest BCUT2D eigenvalue weighted by Crippen LogP contribution is 2.59. The molecule has 32 heavy (non-hydrogen) atoms. The van der Waals surface area contributed by atoms with Crippen LogP contribution in [0.15, 0.2) is 0 Å². The van der Waals surface area contributed by atoms with Crippen LogP contribution < -0.4 is 0 Å². The van der Waals surface area contributed by atoms with Crippen molar-refractivity contribution >= 4 is 9.14 Å². The molecule has 0 N–H and O–H groups in total. The van der Waals surface area contributed by atoms with Gasteiger partial charge >= 0.3 is 44.9 Å². The zero-order valence-corrected chi connectivity index (χ0v) is 17.4. The second-order valence-electron chi connectivity index (χ2n) is 6.27. The first-order valence-corrected chi connectivity index (χ1v) is 10.2. The van der Waals surface area contributed by atoms with Gasteiger partial charge in [-0.3, -0.25) is 0 Å². The molecule has 0 bridgehead atoms. The highest BCUT2D eigenvalue weighted by molar-refractivity contribution is 6.52. The summed E-state index contributed by atoms with van der Waals surface area (Å²) in [5.41, 5.74) is 0. The van der Waals surface area contributed by atoms with E-state index in [0.29, 0.717) is 0 Å². The molecule has 0 saturated carbocycles. The average Bonchev–Trinajstić information content (AvgIpc) is 2.58. The summed E-state index contributed by atoms with van der Waals surface area (Å²) in [7, 11) is -5.70. The number of alkyl halides is 13. The van der Waals surface area contributed by atoms with Crippen molar-refractivity contribution in [2.75, 3.05) is 13.2 Å². The van der Waals surface area contributed by atoms with Crippen LogP contribution in [0.2, 0.25) is 0 Å². The first-order valence-electron chi connectivity index (χ1n) is 8.56. The molecule has 18 heteroatoms. The van der Waals surface area contributed by atoms with Gasteiger partial charge in [0.25, 0.3) is 0 Å². The molecule has 0 spiro atoms. The molecule has 194 valence electrons. The normalized spacial score (nSPS) is 16.4. The molecule has 0 aromatic rings. The maximum atomic E-state index is 14.2. The predicted octanol–water partition coefficient (Wildman–Crippen LogP) is 6.39. The Balaban J connectivity index is 6.09. The Hall–Kier alpha value is -0.883. The Morgan fingerprint density at radius 1 is 0.656 bits per heavy atom. The van der Waals surface area contributed by atoms with Crippen molar-refractivity contribution in [2.45, 2.75) is 75.5 Å². The van der Waals surface area contributed by atoms with Crippen LogP contribution in [-0.2, 0) is 13.3 Å². The maximum absolute atomic E-state index is 14.2. The summed E-state index contributed by atoms with van der Waals surface area (Å²) >= 11 is 0. The van der Waals surface area contributed by atoms with Crippen LogP contribution in [-0.4, -0.2) is 64.2 Å². The monoisotopic (exact) mass is 528 g/mol. The van der Waals surface area contributed by atoms with Gasteiger partial charge < -0.3 is 13.3 Å². The summed E-state index contributed by atoms with van der Waals surface area (Å²) in [6.07, 6.45) is -15.2. The minimum atomic E-state index is -7.62. The van der Waals surface area contributed by atoms with E-state index in [-0.39, 0.29) is 6.92 Å². The third-order valence-electron chi connectivity index (χ3n) is 3.85. The quantitative estimate of drug-likeness (QED) is 0.158. The summed E-state index contributed by atoms with van der Waals surface area (Å²) in [6, 6.07) is 0. The summed E-state index contributed by atoms with van der Waals surface area (Å²) in [4.78, 5) is 0. The minimum absolute atomic E-state index is 0.177. The molecule has 3 nitrogen and oxygen atoms in total. The van der Waals surface area contributed by atoms with Crippen molar-refractivity contribution in [3.05, 3.63) is 0 Å². The van der Waals surface area contributed by atoms with Crippen molar-refractivity contribution in [1.82, 2.24) is 0 Å². The lowest BCUT2D eigenvalue weighted by molar-refractivity contribution is -0.410. The fourth-order valence-electron chi connectivity index (χ4n) is 2.09. The van der Waals surface area contributed by atoms with Gasteiger partial charge in [0, 0.05) is 26.1 Å². The van der Waals surface area contributed by atoms with Crippen molar-refractivity contribution < 1.29 is 74.5 Å². The van der Waals surface area contributed by atoms with Crippen molar-refractivity contribution in [2.24, 2.45) is 0 Å². The molecule has 0 aromatic heterocycles. The number of rotatable bonds is 13. The van der Waals surface area contributed by atoms with Gasteiger partial charge in [-0.15, -0.1) is 0 Å². The largest absolute Gasteiger partial charge is 0.720 e. The SMILES string of the molecule is CCO[Si](F)(OCC)OC(C)C(F)(F)C(F)(F)C(F)(F)C(F)(F)C(F)(F)CCC(F)(F)F. The molecular weight excluding hydrogens is 510 g/mol. The molecular formula is C14H18F14O3Si. The summed E-state index contributed by atoms with van der Waals surface area (Å²) in [5, 5.41) is 0. The Morgan fingerprint density at radius 3 is 1.41 bits per heavy atom. The minimum Gasteiger partial charge on any atom is -0.348 e. The molecule has 0 radical (unpaired) electrons. The molecule has 0 heterocycles. The van der Waals surface area contributed by atoms with Crippen molar-refractivity contribution in [3.8, 4) is 0 Å². The maximum Gasteiger partial charge on any atom is 0.720 e. The molecule has 0 rings (SSSR count). The van der Waals surface area contributed by atoms with Crippen LogP contribution in [0.1, 0.15) is 33.6 Å². The summed E-state index contributed by atoms with van der Waals surface area (Å²) in [6.45, 7) is 0.620. The first kappa shape index (κ1) is 31.1. The lowest BCUT2D eigenvalue weighted by Crippen LogP contribution is -2.70. The van der Waals surface area contributed by atoms with E-state index >= 15 is 0 Å². The van der Waals surface area contributed by atoms with E-state index in [0.717, 1.165) is 13.8 Å². The van der Waals surface area contributed by atoms with E-state index in [1.165, 1.54) is 0 Å². The molecule has 0 aliphatic heterocycles. The Bertz CT molecular complexity index is 604. The fraction of sp³-hybridized carbons (Fsp3) is 1.00. The van der Waals surface area contributed by atoms with Gasteiger partial charge in [0.05, 0.1) is 0 Å². The first-order chi connectivity index (χ1) is 14.0. The van der Waals surface area contributed by atoms with Crippen LogP contribution >= 0.6 is 0 Å². The second-order valence-corrected chi connectivity index (χ2v) is 8.05. The van der Waals surface area contributed by atoms with Gasteiger partial charge in [0.2, 0.25) is 0 Å². The van der Waals surface area contributed by atoms with Gasteiger partial charge in [0.15, 0.2) is 0 Å². The fourth-order valence-corrected chi connectivity index (χ4v) is 3.57. The van der Waals surface area contributed by atoms with E-state index in [1.807, 2.05) is 0 Å². The highest BCUT2D eigenvalue weighted by atomic mass is 28.4. The molecule has 0 aliphatic rings. The number of hydrogen-bond acceptors (Lipinski definition) is 3. The average molecular weight is 528 g/mol. The standard InChI is InChI=1S/C14H18F14O3Si/c1-4-29-32(28,30-5-2)31-8(3)11(20,21)13(24,25)14(26,27)12(22,23)9(15,16)6-7-10(17,18)19/h8H,4-7H2,1-3H3. The molecule has 0 aliphatic carbocycles. The number of halogens is 14. The number of hydrogen-bond donors (Lipinski definition) is 0. The van der Waals surface area contributed by atoms with E-state index in [4.69, 9.17) is 0 Å². The lowest BCUT2D eigenvalue weighted by atomic mass is 9.90. The zero-order chi connectivity index (χ0) is 26.0. The van der Waals surface area contributed by atoms with Gasteiger partial charge in [0.1, 0.15) is 6.10 Å². The second kappa shape index (κ2) is 9.77. The van der Waals surface area contributed by atoms with Crippen LogP contribution in [0.4, 0.5) is 61.2 Å². The third-order valence-corrected chi connectivity index (χ3v) is 5.75. The Labute approximate surface area is 173 Å². The molecule has 1 unspecified atom stereocenters. The smallest absolute Gasteiger partial charge is 0.348 e. The van der Waals surface area contributed by atoms with Crippen LogP contribution in [0, 0.1) is 0 Å². The third kappa shape index (κ3) is 6.16. The van der Waals surface area contributed by atoms with Gasteiger partial charge in [-0.25, -0.2) is 4.11 Å². The van der Waals surface area contributed by atoms with E-state index < -0.39 is 77.1 Å². The lowest BCUT2D eigenvalue weighted by Gasteiger charge is -2.41. The van der Waals surface area contributed by atoms with E-state index in [9.17, 15) is 61.2 Å². The van der Waals surface area contributed by atoms with Gasteiger partial charge in [-0.1, -0.05) is 0 Å². The van der Waals surface area contributed by atoms with E-state index in [2.05, 4.69) is 13.3 Å². The Morgan fingerprint density at radius 2 is 1.06 bits per heavy atom. The summed E-state index contributed by atoms with van der Waals surface area (Å²) in [5.74, 6) is -35.3. The van der Waals surface area contributed by atoms with Crippen molar-refractivity contribution in [1.29, 1.82) is 0 Å². The molecule has 0 saturated heterocycles. The summed E-state index contributed by atoms with van der Waals surface area (Å²) < 4.78 is 200. The zero-order valence-electron chi connectivity index (χ0n) is 16.4. The van der Waals surface area contributed by atoms with Crippen LogP contribution in [0.25, 0.3) is 0 Å². The van der Waals surface area contributed by atoms with Crippen LogP contribution in [0.5, 0.6) is 0 Å². The van der Waals surface area contributed by atoms with Gasteiger partial charge in [-0.2, -0.15) is 57.1 Å².